The van der Waals surface area contributed by atoms with Gasteiger partial charge in [-0.25, -0.2) is 0 Å². The number of carbonyl (C=O) groups is 2. The van der Waals surface area contributed by atoms with Crippen LogP contribution in [0.4, 0.5) is 0 Å². The number of aryl methyl sites for hydroxylation is 1. The third-order valence-electron chi connectivity index (χ3n) is 4.69. The summed E-state index contributed by atoms with van der Waals surface area (Å²) < 4.78 is 10.8. The van der Waals surface area contributed by atoms with Crippen LogP contribution in [-0.2, 0) is 14.3 Å². The maximum Gasteiger partial charge on any atom is 0.313 e. The number of likely N-dealkylation sites (tertiary alicyclic amines) is 1. The van der Waals surface area contributed by atoms with Crippen molar-refractivity contribution in [2.45, 2.75) is 32.6 Å². The molecule has 1 fully saturated rings. The molecule has 0 saturated carbocycles. The van der Waals surface area contributed by atoms with Crippen LogP contribution >= 0.6 is 0 Å². The van der Waals surface area contributed by atoms with Crippen LogP contribution in [-0.4, -0.2) is 55.3 Å². The molecule has 0 bridgehead atoms. The molecule has 1 heterocycles. The second-order valence-corrected chi connectivity index (χ2v) is 6.65. The lowest BCUT2D eigenvalue weighted by Gasteiger charge is -2.39. The van der Waals surface area contributed by atoms with Crippen molar-refractivity contribution in [1.29, 1.82) is 0 Å². The number of rotatable bonds is 8. The van der Waals surface area contributed by atoms with E-state index in [2.05, 4.69) is 0 Å². The molecule has 6 nitrogen and oxygen atoms in total. The Bertz CT molecular complexity index is 599. The molecule has 138 valence electrons. The topological polar surface area (TPSA) is 76.1 Å². The van der Waals surface area contributed by atoms with Gasteiger partial charge in [0.1, 0.15) is 11.2 Å². The molecule has 2 rings (SSSR count). The van der Waals surface area contributed by atoms with Gasteiger partial charge in [-0.1, -0.05) is 18.2 Å². The molecule has 1 aliphatic heterocycles. The number of amides is 1. The third-order valence-corrected chi connectivity index (χ3v) is 4.69. The van der Waals surface area contributed by atoms with Crippen molar-refractivity contribution < 1.29 is 24.2 Å². The molecule has 0 aromatic heterocycles. The molecule has 6 heteroatoms. The number of nitrogens with zero attached hydrogens (tertiary/aromatic N) is 1. The van der Waals surface area contributed by atoms with Gasteiger partial charge in [0.15, 0.2) is 0 Å². The van der Waals surface area contributed by atoms with E-state index in [0.717, 1.165) is 11.3 Å². The molecule has 0 radical (unpaired) electrons. The summed E-state index contributed by atoms with van der Waals surface area (Å²) >= 11 is 0. The van der Waals surface area contributed by atoms with Crippen molar-refractivity contribution >= 4 is 11.9 Å². The molecule has 1 amide bonds. The lowest BCUT2D eigenvalue weighted by molar-refractivity contribution is -0.159. The Hall–Kier alpha value is -2.08. The van der Waals surface area contributed by atoms with Gasteiger partial charge in [-0.3, -0.25) is 9.59 Å². The zero-order valence-corrected chi connectivity index (χ0v) is 15.0. The maximum atomic E-state index is 12.4. The number of aliphatic carboxylic acids is 1. The highest BCUT2D eigenvalue weighted by molar-refractivity contribution is 5.79. The average molecular weight is 349 g/mol. The predicted molar refractivity (Wildman–Crippen MR) is 93.7 cm³/mol. The predicted octanol–water partition coefficient (Wildman–Crippen LogP) is 2.49. The number of piperidine rings is 1. The highest BCUT2D eigenvalue weighted by Gasteiger charge is 2.43. The number of methoxy groups -OCH3 is 1. The van der Waals surface area contributed by atoms with Crippen molar-refractivity contribution in [3.8, 4) is 5.75 Å². The van der Waals surface area contributed by atoms with Gasteiger partial charge < -0.3 is 19.5 Å². The molecule has 1 N–H and O–H groups in total. The number of carbonyl (C=O) groups excluding carboxylic acids is 1. The van der Waals surface area contributed by atoms with Crippen LogP contribution in [0.5, 0.6) is 5.75 Å². The van der Waals surface area contributed by atoms with E-state index in [1.54, 1.807) is 4.90 Å². The van der Waals surface area contributed by atoms with E-state index < -0.39 is 11.4 Å². The molecular formula is C19H27NO5. The van der Waals surface area contributed by atoms with Gasteiger partial charge in [-0.15, -0.1) is 0 Å². The SMILES string of the molecule is COCC1(C(=O)O)CCCN(C(=O)CCCOc2ccccc2C)C1. The fourth-order valence-corrected chi connectivity index (χ4v) is 3.26. The lowest BCUT2D eigenvalue weighted by Crippen LogP contribution is -2.52. The Morgan fingerprint density at radius 3 is 2.76 bits per heavy atom. The van der Waals surface area contributed by atoms with Crippen LogP contribution in [0.3, 0.4) is 0 Å². The van der Waals surface area contributed by atoms with E-state index in [9.17, 15) is 14.7 Å². The van der Waals surface area contributed by atoms with E-state index in [-0.39, 0.29) is 19.1 Å². The molecule has 1 aliphatic rings. The monoisotopic (exact) mass is 349 g/mol. The number of carboxylic acids is 1. The number of hydrogen-bond donors (Lipinski definition) is 1. The van der Waals surface area contributed by atoms with Crippen molar-refractivity contribution in [2.24, 2.45) is 5.41 Å². The van der Waals surface area contributed by atoms with E-state index >= 15 is 0 Å². The zero-order valence-electron chi connectivity index (χ0n) is 15.0. The quantitative estimate of drug-likeness (QED) is 0.730. The summed E-state index contributed by atoms with van der Waals surface area (Å²) in [4.78, 5) is 25.7. The highest BCUT2D eigenvalue weighted by Crippen LogP contribution is 2.31. The number of hydrogen-bond acceptors (Lipinski definition) is 4. The molecular weight excluding hydrogens is 322 g/mol. The van der Waals surface area contributed by atoms with Gasteiger partial charge in [0, 0.05) is 26.6 Å². The van der Waals surface area contributed by atoms with Crippen LogP contribution in [0.15, 0.2) is 24.3 Å². The van der Waals surface area contributed by atoms with Gasteiger partial charge >= 0.3 is 5.97 Å². The van der Waals surface area contributed by atoms with E-state index in [1.807, 2.05) is 31.2 Å². The second kappa shape index (κ2) is 8.85. The van der Waals surface area contributed by atoms with Crippen LogP contribution in [0.2, 0.25) is 0 Å². The number of ether oxygens (including phenoxy) is 2. The standard InChI is InChI=1S/C19H27NO5/c1-15-7-3-4-8-16(15)25-12-5-9-17(21)20-11-6-10-19(13-20,14-24-2)18(22)23/h3-4,7-8H,5-6,9-14H2,1-2H3,(H,22,23). The van der Waals surface area contributed by atoms with E-state index in [4.69, 9.17) is 9.47 Å². The second-order valence-electron chi connectivity index (χ2n) is 6.65. The molecule has 1 unspecified atom stereocenters. The minimum absolute atomic E-state index is 0.0187. The summed E-state index contributed by atoms with van der Waals surface area (Å²) in [6.45, 7) is 3.40. The smallest absolute Gasteiger partial charge is 0.313 e. The van der Waals surface area contributed by atoms with Crippen molar-refractivity contribution in [3.05, 3.63) is 29.8 Å². The maximum absolute atomic E-state index is 12.4. The first kappa shape index (κ1) is 19.2. The first-order valence-corrected chi connectivity index (χ1v) is 8.67. The van der Waals surface area contributed by atoms with Gasteiger partial charge in [0.25, 0.3) is 0 Å². The van der Waals surface area contributed by atoms with Crippen LogP contribution in [0.1, 0.15) is 31.2 Å². The normalized spacial score (nSPS) is 20.3. The van der Waals surface area contributed by atoms with Gasteiger partial charge in [0.2, 0.25) is 5.91 Å². The first-order chi connectivity index (χ1) is 12.0. The number of carboxylic acid groups (broad SMARTS) is 1. The molecule has 1 saturated heterocycles. The van der Waals surface area contributed by atoms with Crippen LogP contribution < -0.4 is 4.74 Å². The van der Waals surface area contributed by atoms with Crippen molar-refractivity contribution in [1.82, 2.24) is 4.90 Å². The number of benzene rings is 1. The first-order valence-electron chi connectivity index (χ1n) is 8.67. The van der Waals surface area contributed by atoms with Crippen molar-refractivity contribution in [3.63, 3.8) is 0 Å². The summed E-state index contributed by atoms with van der Waals surface area (Å²) in [6.07, 6.45) is 2.18. The summed E-state index contributed by atoms with van der Waals surface area (Å²) in [5, 5.41) is 9.55. The summed E-state index contributed by atoms with van der Waals surface area (Å²) in [7, 11) is 1.49. The molecule has 1 atom stereocenters. The Morgan fingerprint density at radius 2 is 2.08 bits per heavy atom. The zero-order chi connectivity index (χ0) is 18.3. The van der Waals surface area contributed by atoms with Gasteiger partial charge in [-0.05, 0) is 37.8 Å². The Kier molecular flexibility index (Phi) is 6.82. The molecule has 1 aromatic rings. The average Bonchev–Trinajstić information content (AvgIpc) is 2.60. The minimum atomic E-state index is -0.986. The largest absolute Gasteiger partial charge is 0.493 e. The molecule has 0 spiro atoms. The van der Waals surface area contributed by atoms with Crippen molar-refractivity contribution in [2.75, 3.05) is 33.4 Å². The Morgan fingerprint density at radius 1 is 1.32 bits per heavy atom. The Labute approximate surface area is 148 Å². The Balaban J connectivity index is 1.82. The molecule has 0 aliphatic carbocycles. The molecule has 1 aromatic carbocycles. The minimum Gasteiger partial charge on any atom is -0.493 e. The lowest BCUT2D eigenvalue weighted by atomic mass is 9.80. The van der Waals surface area contributed by atoms with E-state index in [1.165, 1.54) is 7.11 Å². The third kappa shape index (κ3) is 4.95. The fourth-order valence-electron chi connectivity index (χ4n) is 3.26. The summed E-state index contributed by atoms with van der Waals surface area (Å²) in [5.74, 6) is -0.0811. The summed E-state index contributed by atoms with van der Waals surface area (Å²) in [6, 6.07) is 7.77. The fraction of sp³-hybridized carbons (Fsp3) is 0.579. The summed E-state index contributed by atoms with van der Waals surface area (Å²) in [5.41, 5.74) is 0.0796. The van der Waals surface area contributed by atoms with Crippen LogP contribution in [0.25, 0.3) is 0 Å². The highest BCUT2D eigenvalue weighted by atomic mass is 16.5. The van der Waals surface area contributed by atoms with Gasteiger partial charge in [0.05, 0.1) is 13.2 Å². The number of para-hydroxylation sites is 1. The van der Waals surface area contributed by atoms with Crippen LogP contribution in [0, 0.1) is 12.3 Å². The van der Waals surface area contributed by atoms with Gasteiger partial charge in [-0.2, -0.15) is 0 Å². The molecule has 25 heavy (non-hydrogen) atoms. The van der Waals surface area contributed by atoms with E-state index in [0.29, 0.717) is 38.8 Å².